The van der Waals surface area contributed by atoms with E-state index in [1.807, 2.05) is 78.4 Å². The molecular weight excluding hydrogens is 296 g/mol. The van der Waals surface area contributed by atoms with Crippen molar-refractivity contribution in [3.63, 3.8) is 0 Å². The zero-order chi connectivity index (χ0) is 16.9. The Bertz CT molecular complexity index is 884. The molecule has 24 heavy (non-hydrogen) atoms. The quantitative estimate of drug-likeness (QED) is 0.664. The van der Waals surface area contributed by atoms with Gasteiger partial charge < -0.3 is 4.57 Å². The number of rotatable bonds is 5. The Labute approximate surface area is 141 Å². The first kappa shape index (κ1) is 15.8. The molecule has 1 heterocycles. The SMILES string of the molecule is Cc1ccc(C(=O)c2cc(CC#N)n(Cc3ccccc3)c2)cc1. The molecule has 0 atom stereocenters. The molecule has 0 aliphatic rings. The number of nitriles is 1. The number of nitrogens with zero attached hydrogens (tertiary/aromatic N) is 2. The highest BCUT2D eigenvalue weighted by Crippen LogP contribution is 2.17. The summed E-state index contributed by atoms with van der Waals surface area (Å²) < 4.78 is 1.99. The van der Waals surface area contributed by atoms with Crippen LogP contribution in [0.25, 0.3) is 0 Å². The van der Waals surface area contributed by atoms with E-state index < -0.39 is 0 Å². The standard InChI is InChI=1S/C21H18N2O/c1-16-7-9-18(10-8-16)21(24)19-13-20(11-12-22)23(15-19)14-17-5-3-2-4-6-17/h2-10,13,15H,11,14H2,1H3. The van der Waals surface area contributed by atoms with Crippen molar-refractivity contribution in [2.24, 2.45) is 0 Å². The molecule has 0 radical (unpaired) electrons. The van der Waals surface area contributed by atoms with Gasteiger partial charge in [-0.1, -0.05) is 60.2 Å². The lowest BCUT2D eigenvalue weighted by molar-refractivity contribution is 0.103. The summed E-state index contributed by atoms with van der Waals surface area (Å²) in [4.78, 5) is 12.7. The number of aryl methyl sites for hydroxylation is 1. The summed E-state index contributed by atoms with van der Waals surface area (Å²) >= 11 is 0. The zero-order valence-electron chi connectivity index (χ0n) is 13.6. The highest BCUT2D eigenvalue weighted by atomic mass is 16.1. The smallest absolute Gasteiger partial charge is 0.194 e. The average Bonchev–Trinajstić information content (AvgIpc) is 2.99. The molecule has 0 aliphatic heterocycles. The van der Waals surface area contributed by atoms with Gasteiger partial charge in [0.05, 0.1) is 12.5 Å². The number of benzene rings is 2. The Morgan fingerprint density at radius 1 is 1.04 bits per heavy atom. The summed E-state index contributed by atoms with van der Waals surface area (Å²) in [5.74, 6) is -0.0130. The average molecular weight is 314 g/mol. The van der Waals surface area contributed by atoms with Crippen molar-refractivity contribution >= 4 is 5.78 Å². The first-order valence-electron chi connectivity index (χ1n) is 7.88. The van der Waals surface area contributed by atoms with Crippen molar-refractivity contribution in [2.45, 2.75) is 19.9 Å². The second-order valence-corrected chi connectivity index (χ2v) is 5.86. The molecular formula is C21H18N2O. The Morgan fingerprint density at radius 3 is 2.42 bits per heavy atom. The van der Waals surface area contributed by atoms with E-state index in [0.29, 0.717) is 17.7 Å². The Balaban J connectivity index is 1.92. The van der Waals surface area contributed by atoms with E-state index in [9.17, 15) is 4.79 Å². The van der Waals surface area contributed by atoms with Crippen LogP contribution in [0.2, 0.25) is 0 Å². The predicted octanol–water partition coefficient (Wildman–Crippen LogP) is 4.14. The highest BCUT2D eigenvalue weighted by molar-refractivity contribution is 6.09. The minimum absolute atomic E-state index is 0.0130. The minimum atomic E-state index is -0.0130. The molecule has 3 rings (SSSR count). The minimum Gasteiger partial charge on any atom is -0.345 e. The highest BCUT2D eigenvalue weighted by Gasteiger charge is 2.14. The Kier molecular flexibility index (Phi) is 4.58. The maximum absolute atomic E-state index is 12.7. The summed E-state index contributed by atoms with van der Waals surface area (Å²) in [5, 5.41) is 9.06. The van der Waals surface area contributed by atoms with Crippen LogP contribution >= 0.6 is 0 Å². The van der Waals surface area contributed by atoms with Gasteiger partial charge in [0.15, 0.2) is 5.78 Å². The number of carbonyl (C=O) groups excluding carboxylic acids is 1. The van der Waals surface area contributed by atoms with Crippen LogP contribution in [-0.4, -0.2) is 10.4 Å². The van der Waals surface area contributed by atoms with Gasteiger partial charge in [0.2, 0.25) is 0 Å². The molecule has 0 amide bonds. The fraction of sp³-hybridized carbons (Fsp3) is 0.143. The van der Waals surface area contributed by atoms with Crippen molar-refractivity contribution in [3.05, 3.63) is 94.8 Å². The third-order valence-electron chi connectivity index (χ3n) is 4.02. The third-order valence-corrected chi connectivity index (χ3v) is 4.02. The largest absolute Gasteiger partial charge is 0.345 e. The van der Waals surface area contributed by atoms with Gasteiger partial charge in [-0.25, -0.2) is 0 Å². The van der Waals surface area contributed by atoms with Gasteiger partial charge in [-0.05, 0) is 18.6 Å². The van der Waals surface area contributed by atoms with Crippen LogP contribution in [0.1, 0.15) is 32.7 Å². The molecule has 0 aliphatic carbocycles. The fourth-order valence-electron chi connectivity index (χ4n) is 2.71. The number of ketones is 1. The summed E-state index contributed by atoms with van der Waals surface area (Å²) in [6.07, 6.45) is 2.13. The van der Waals surface area contributed by atoms with Gasteiger partial charge in [-0.3, -0.25) is 4.79 Å². The van der Waals surface area contributed by atoms with E-state index in [0.717, 1.165) is 16.8 Å². The molecule has 3 aromatic rings. The van der Waals surface area contributed by atoms with Gasteiger partial charge in [-0.15, -0.1) is 0 Å². The third kappa shape index (κ3) is 3.44. The number of hydrogen-bond donors (Lipinski definition) is 0. The lowest BCUT2D eigenvalue weighted by Crippen LogP contribution is -2.03. The van der Waals surface area contributed by atoms with Crippen LogP contribution in [0.5, 0.6) is 0 Å². The van der Waals surface area contributed by atoms with Gasteiger partial charge in [0.1, 0.15) is 0 Å². The van der Waals surface area contributed by atoms with E-state index in [2.05, 4.69) is 6.07 Å². The topological polar surface area (TPSA) is 45.8 Å². The van der Waals surface area contributed by atoms with Crippen LogP contribution in [0.15, 0.2) is 66.9 Å². The molecule has 0 N–H and O–H groups in total. The fourth-order valence-corrected chi connectivity index (χ4v) is 2.71. The molecule has 3 nitrogen and oxygen atoms in total. The number of hydrogen-bond acceptors (Lipinski definition) is 2. The van der Waals surface area contributed by atoms with Crippen molar-refractivity contribution < 1.29 is 4.79 Å². The molecule has 0 bridgehead atoms. The van der Waals surface area contributed by atoms with Crippen molar-refractivity contribution in [1.82, 2.24) is 4.57 Å². The summed E-state index contributed by atoms with van der Waals surface area (Å²) in [7, 11) is 0. The molecule has 2 aromatic carbocycles. The van der Waals surface area contributed by atoms with E-state index in [1.54, 1.807) is 0 Å². The zero-order valence-corrected chi connectivity index (χ0v) is 13.6. The molecule has 0 unspecified atom stereocenters. The maximum atomic E-state index is 12.7. The lowest BCUT2D eigenvalue weighted by Gasteiger charge is -2.06. The summed E-state index contributed by atoms with van der Waals surface area (Å²) in [5.41, 5.74) is 4.41. The van der Waals surface area contributed by atoms with Crippen molar-refractivity contribution in [3.8, 4) is 6.07 Å². The van der Waals surface area contributed by atoms with Crippen LogP contribution in [0, 0.1) is 18.3 Å². The predicted molar refractivity (Wildman–Crippen MR) is 93.9 cm³/mol. The van der Waals surface area contributed by atoms with E-state index in [-0.39, 0.29) is 12.2 Å². The van der Waals surface area contributed by atoms with Gasteiger partial charge in [-0.2, -0.15) is 5.26 Å². The number of aromatic nitrogens is 1. The molecule has 0 saturated carbocycles. The first-order valence-corrected chi connectivity index (χ1v) is 7.88. The Morgan fingerprint density at radius 2 is 1.75 bits per heavy atom. The van der Waals surface area contributed by atoms with Gasteiger partial charge in [0, 0.05) is 29.6 Å². The number of carbonyl (C=O) groups is 1. The van der Waals surface area contributed by atoms with Crippen molar-refractivity contribution in [2.75, 3.05) is 0 Å². The summed E-state index contributed by atoms with van der Waals surface area (Å²) in [6.45, 7) is 2.65. The molecule has 3 heteroatoms. The summed E-state index contributed by atoms with van der Waals surface area (Å²) in [6, 6.07) is 21.6. The Hall–Kier alpha value is -3.12. The second kappa shape index (κ2) is 6.97. The van der Waals surface area contributed by atoms with Crippen LogP contribution < -0.4 is 0 Å². The van der Waals surface area contributed by atoms with Crippen LogP contribution in [-0.2, 0) is 13.0 Å². The lowest BCUT2D eigenvalue weighted by atomic mass is 10.0. The van der Waals surface area contributed by atoms with Gasteiger partial charge in [0.25, 0.3) is 0 Å². The van der Waals surface area contributed by atoms with Crippen LogP contribution in [0.4, 0.5) is 0 Å². The molecule has 0 saturated heterocycles. The molecule has 0 spiro atoms. The van der Waals surface area contributed by atoms with Crippen molar-refractivity contribution in [1.29, 1.82) is 5.26 Å². The maximum Gasteiger partial charge on any atom is 0.194 e. The molecule has 0 fully saturated rings. The van der Waals surface area contributed by atoms with E-state index in [4.69, 9.17) is 5.26 Å². The second-order valence-electron chi connectivity index (χ2n) is 5.86. The van der Waals surface area contributed by atoms with E-state index >= 15 is 0 Å². The van der Waals surface area contributed by atoms with E-state index in [1.165, 1.54) is 0 Å². The molecule has 1 aromatic heterocycles. The molecule has 118 valence electrons. The normalized spacial score (nSPS) is 10.3. The first-order chi connectivity index (χ1) is 11.7. The monoisotopic (exact) mass is 314 g/mol. The van der Waals surface area contributed by atoms with Gasteiger partial charge >= 0.3 is 0 Å². The van der Waals surface area contributed by atoms with Crippen LogP contribution in [0.3, 0.4) is 0 Å².